The van der Waals surface area contributed by atoms with Crippen LogP contribution < -0.4 is 24.3 Å². The first kappa shape index (κ1) is 21.7. The number of methoxy groups -OCH3 is 3. The first-order chi connectivity index (χ1) is 14.6. The van der Waals surface area contributed by atoms with Crippen molar-refractivity contribution in [3.05, 3.63) is 76.6 Å². The van der Waals surface area contributed by atoms with Gasteiger partial charge in [-0.1, -0.05) is 17.7 Å². The predicted octanol–water partition coefficient (Wildman–Crippen LogP) is 4.63. The van der Waals surface area contributed by atoms with Crippen molar-refractivity contribution in [1.82, 2.24) is 10.3 Å². The van der Waals surface area contributed by atoms with Gasteiger partial charge in [0.05, 0.1) is 21.3 Å². The topological polar surface area (TPSA) is 61.8 Å². The highest BCUT2D eigenvalue weighted by Gasteiger charge is 2.13. The molecule has 0 saturated heterocycles. The van der Waals surface area contributed by atoms with Gasteiger partial charge in [0.2, 0.25) is 5.75 Å². The Labute approximate surface area is 181 Å². The molecule has 0 amide bonds. The summed E-state index contributed by atoms with van der Waals surface area (Å²) < 4.78 is 22.2. The zero-order chi connectivity index (χ0) is 21.3. The van der Waals surface area contributed by atoms with E-state index in [1.165, 1.54) is 0 Å². The maximum Gasteiger partial charge on any atom is 0.203 e. The fraction of sp³-hybridized carbons (Fsp3) is 0.261. The van der Waals surface area contributed by atoms with E-state index >= 15 is 0 Å². The Kier molecular flexibility index (Phi) is 7.76. The number of aromatic nitrogens is 1. The average Bonchev–Trinajstić information content (AvgIpc) is 2.78. The lowest BCUT2D eigenvalue weighted by Gasteiger charge is -2.15. The number of nitrogens with one attached hydrogen (secondary N) is 1. The van der Waals surface area contributed by atoms with E-state index in [9.17, 15) is 0 Å². The van der Waals surface area contributed by atoms with Crippen molar-refractivity contribution in [2.75, 3.05) is 21.3 Å². The van der Waals surface area contributed by atoms with Gasteiger partial charge < -0.3 is 24.3 Å². The van der Waals surface area contributed by atoms with Crippen LogP contribution in [0, 0.1) is 0 Å². The smallest absolute Gasteiger partial charge is 0.203 e. The molecule has 6 nitrogen and oxygen atoms in total. The molecule has 158 valence electrons. The third kappa shape index (κ3) is 5.55. The summed E-state index contributed by atoms with van der Waals surface area (Å²) in [6, 6.07) is 13.3. The van der Waals surface area contributed by atoms with Gasteiger partial charge in [-0.05, 0) is 42.0 Å². The van der Waals surface area contributed by atoms with Crippen molar-refractivity contribution < 1.29 is 18.9 Å². The Morgan fingerprint density at radius 1 is 0.867 bits per heavy atom. The van der Waals surface area contributed by atoms with Crippen LogP contribution in [0.15, 0.2) is 54.9 Å². The van der Waals surface area contributed by atoms with Crippen molar-refractivity contribution in [2.45, 2.75) is 19.7 Å². The van der Waals surface area contributed by atoms with Gasteiger partial charge in [0, 0.05) is 41.6 Å². The second kappa shape index (κ2) is 10.7. The minimum absolute atomic E-state index is 0.440. The van der Waals surface area contributed by atoms with Gasteiger partial charge >= 0.3 is 0 Å². The second-order valence-corrected chi connectivity index (χ2v) is 6.98. The van der Waals surface area contributed by atoms with E-state index in [1.807, 2.05) is 42.5 Å². The molecule has 1 heterocycles. The second-order valence-electron chi connectivity index (χ2n) is 6.54. The van der Waals surface area contributed by atoms with Gasteiger partial charge in [-0.3, -0.25) is 4.98 Å². The van der Waals surface area contributed by atoms with Crippen molar-refractivity contribution in [1.29, 1.82) is 0 Å². The molecular weight excluding hydrogens is 404 g/mol. The number of nitrogens with zero attached hydrogens (tertiary/aromatic N) is 1. The molecule has 30 heavy (non-hydrogen) atoms. The van der Waals surface area contributed by atoms with E-state index in [1.54, 1.807) is 33.7 Å². The van der Waals surface area contributed by atoms with E-state index in [0.29, 0.717) is 42.0 Å². The molecule has 1 aromatic heterocycles. The zero-order valence-electron chi connectivity index (χ0n) is 17.3. The van der Waals surface area contributed by atoms with Crippen LogP contribution in [0.25, 0.3) is 0 Å². The first-order valence-electron chi connectivity index (χ1n) is 9.44. The quantitative estimate of drug-likeness (QED) is 0.508. The molecule has 0 bridgehead atoms. The molecule has 0 fully saturated rings. The molecule has 0 atom stereocenters. The van der Waals surface area contributed by atoms with Crippen LogP contribution in [0.4, 0.5) is 0 Å². The third-order valence-corrected chi connectivity index (χ3v) is 4.74. The molecular formula is C23H25ClN2O4. The van der Waals surface area contributed by atoms with Crippen LogP contribution in [0.5, 0.6) is 23.0 Å². The van der Waals surface area contributed by atoms with Crippen molar-refractivity contribution in [3.8, 4) is 23.0 Å². The van der Waals surface area contributed by atoms with Crippen molar-refractivity contribution >= 4 is 11.6 Å². The minimum atomic E-state index is 0.440. The molecule has 0 aliphatic rings. The predicted molar refractivity (Wildman–Crippen MR) is 117 cm³/mol. The number of ether oxygens (including phenoxy) is 4. The maximum atomic E-state index is 6.20. The first-order valence-corrected chi connectivity index (χ1v) is 9.82. The van der Waals surface area contributed by atoms with Crippen LogP contribution in [0.2, 0.25) is 5.02 Å². The number of hydrogen-bond donors (Lipinski definition) is 1. The number of benzene rings is 2. The van der Waals surface area contributed by atoms with Crippen LogP contribution in [-0.4, -0.2) is 26.3 Å². The van der Waals surface area contributed by atoms with Crippen molar-refractivity contribution in [2.24, 2.45) is 0 Å². The summed E-state index contributed by atoms with van der Waals surface area (Å²) in [5.41, 5.74) is 2.98. The Morgan fingerprint density at radius 2 is 1.63 bits per heavy atom. The Bertz CT molecular complexity index is 942. The van der Waals surface area contributed by atoms with E-state index < -0.39 is 0 Å². The van der Waals surface area contributed by atoms with Gasteiger partial charge in [-0.2, -0.15) is 0 Å². The third-order valence-electron chi connectivity index (χ3n) is 4.51. The fourth-order valence-corrected chi connectivity index (χ4v) is 3.25. The highest BCUT2D eigenvalue weighted by atomic mass is 35.5. The highest BCUT2D eigenvalue weighted by molar-refractivity contribution is 6.30. The standard InChI is InChI=1S/C23H25ClN2O4/c1-27-21-9-17(10-22(28-2)23(21)29-3)13-26-14-18-11-19(24)6-7-20(18)30-15-16-5-4-8-25-12-16/h4-12,26H,13-15H2,1-3H3. The number of halogens is 1. The summed E-state index contributed by atoms with van der Waals surface area (Å²) in [7, 11) is 4.79. The SMILES string of the molecule is COc1cc(CNCc2cc(Cl)ccc2OCc2cccnc2)cc(OC)c1OC. The summed E-state index contributed by atoms with van der Waals surface area (Å²) >= 11 is 6.20. The van der Waals surface area contributed by atoms with Crippen molar-refractivity contribution in [3.63, 3.8) is 0 Å². The largest absolute Gasteiger partial charge is 0.493 e. The molecule has 0 radical (unpaired) electrons. The number of rotatable bonds is 10. The van der Waals surface area contributed by atoms with Gasteiger partial charge in [-0.25, -0.2) is 0 Å². The lowest BCUT2D eigenvalue weighted by Crippen LogP contribution is -2.14. The minimum Gasteiger partial charge on any atom is -0.493 e. The monoisotopic (exact) mass is 428 g/mol. The Balaban J connectivity index is 1.68. The summed E-state index contributed by atoms with van der Waals surface area (Å²) in [6.45, 7) is 1.63. The molecule has 3 rings (SSSR count). The molecule has 2 aromatic carbocycles. The van der Waals surface area contributed by atoms with Gasteiger partial charge in [0.25, 0.3) is 0 Å². The summed E-state index contributed by atoms with van der Waals surface area (Å²) in [5, 5.41) is 4.08. The summed E-state index contributed by atoms with van der Waals surface area (Å²) in [4.78, 5) is 4.11. The van der Waals surface area contributed by atoms with Gasteiger partial charge in [0.15, 0.2) is 11.5 Å². The zero-order valence-corrected chi connectivity index (χ0v) is 18.0. The van der Waals surface area contributed by atoms with Crippen LogP contribution in [0.1, 0.15) is 16.7 Å². The lowest BCUT2D eigenvalue weighted by atomic mass is 10.1. The normalized spacial score (nSPS) is 10.5. The van der Waals surface area contributed by atoms with Crippen LogP contribution >= 0.6 is 11.6 Å². The van der Waals surface area contributed by atoms with E-state index in [-0.39, 0.29) is 0 Å². The van der Waals surface area contributed by atoms with E-state index in [2.05, 4.69) is 10.3 Å². The number of pyridine rings is 1. The molecule has 0 aliphatic carbocycles. The van der Waals surface area contributed by atoms with E-state index in [0.717, 1.165) is 22.4 Å². The Morgan fingerprint density at radius 3 is 2.27 bits per heavy atom. The Hall–Kier alpha value is -2.96. The lowest BCUT2D eigenvalue weighted by molar-refractivity contribution is 0.301. The van der Waals surface area contributed by atoms with Gasteiger partial charge in [0.1, 0.15) is 12.4 Å². The van der Waals surface area contributed by atoms with Gasteiger partial charge in [-0.15, -0.1) is 0 Å². The molecule has 1 N–H and O–H groups in total. The molecule has 0 unspecified atom stereocenters. The highest BCUT2D eigenvalue weighted by Crippen LogP contribution is 2.38. The molecule has 7 heteroatoms. The fourth-order valence-electron chi connectivity index (χ4n) is 3.05. The van der Waals surface area contributed by atoms with E-state index in [4.69, 9.17) is 30.5 Å². The van der Waals surface area contributed by atoms with Crippen LogP contribution in [-0.2, 0) is 19.7 Å². The molecule has 0 aliphatic heterocycles. The number of hydrogen-bond acceptors (Lipinski definition) is 6. The molecule has 3 aromatic rings. The average molecular weight is 429 g/mol. The molecule has 0 saturated carbocycles. The molecule has 0 spiro atoms. The maximum absolute atomic E-state index is 6.20. The summed E-state index contributed by atoms with van der Waals surface area (Å²) in [6.07, 6.45) is 3.53. The van der Waals surface area contributed by atoms with Crippen LogP contribution in [0.3, 0.4) is 0 Å². The summed E-state index contributed by atoms with van der Waals surface area (Å²) in [5.74, 6) is 2.60.